The first kappa shape index (κ1) is 20.3. The van der Waals surface area contributed by atoms with E-state index in [2.05, 4.69) is 15.8 Å². The highest BCUT2D eigenvalue weighted by Crippen LogP contribution is 2.29. The van der Waals surface area contributed by atoms with Crippen LogP contribution in [0.15, 0.2) is 100 Å². The van der Waals surface area contributed by atoms with Crippen molar-refractivity contribution < 1.29 is 18.5 Å². The van der Waals surface area contributed by atoms with Crippen LogP contribution in [0.5, 0.6) is 0 Å². The number of carbonyl (C=O) groups excluding carboxylic acids is 2. The molecule has 7 heteroatoms. The minimum Gasteiger partial charge on any atom is -0.459 e. The van der Waals surface area contributed by atoms with E-state index >= 15 is 0 Å². The highest BCUT2D eigenvalue weighted by Gasteiger charge is 2.14. The smallest absolute Gasteiger partial charge is 0.291 e. The van der Waals surface area contributed by atoms with Crippen LogP contribution in [0.25, 0.3) is 22.2 Å². The molecule has 2 amide bonds. The molecule has 0 aliphatic rings. The van der Waals surface area contributed by atoms with Crippen molar-refractivity contribution in [1.82, 2.24) is 10.5 Å². The van der Waals surface area contributed by atoms with Crippen molar-refractivity contribution in [3.05, 3.63) is 108 Å². The molecule has 0 spiro atoms. The average molecular weight is 437 g/mol. The number of nitrogens with one attached hydrogen (secondary N) is 2. The van der Waals surface area contributed by atoms with Gasteiger partial charge >= 0.3 is 0 Å². The minimum absolute atomic E-state index is 0.202. The summed E-state index contributed by atoms with van der Waals surface area (Å²) in [7, 11) is 0. The van der Waals surface area contributed by atoms with E-state index < -0.39 is 0 Å². The van der Waals surface area contributed by atoms with Gasteiger partial charge in [-0.25, -0.2) is 0 Å². The van der Waals surface area contributed by atoms with Crippen molar-refractivity contribution >= 4 is 28.4 Å². The maximum absolute atomic E-state index is 12.7. The maximum Gasteiger partial charge on any atom is 0.291 e. The maximum atomic E-state index is 12.7. The van der Waals surface area contributed by atoms with Crippen molar-refractivity contribution in [1.29, 1.82) is 0 Å². The number of amides is 2. The molecule has 0 fully saturated rings. The summed E-state index contributed by atoms with van der Waals surface area (Å²) in [5.41, 5.74) is 3.65. The molecule has 0 aliphatic carbocycles. The van der Waals surface area contributed by atoms with E-state index in [9.17, 15) is 9.59 Å². The number of aromatic nitrogens is 1. The number of rotatable bonds is 6. The first-order chi connectivity index (χ1) is 16.2. The van der Waals surface area contributed by atoms with Crippen LogP contribution in [0, 0.1) is 0 Å². The topological polar surface area (TPSA) is 97.4 Å². The summed E-state index contributed by atoms with van der Waals surface area (Å²) in [5, 5.41) is 10.6. The summed E-state index contributed by atoms with van der Waals surface area (Å²) in [6, 6.07) is 25.4. The van der Waals surface area contributed by atoms with Gasteiger partial charge in [0, 0.05) is 23.4 Å². The van der Waals surface area contributed by atoms with Gasteiger partial charge in [-0.05, 0) is 48.0 Å². The molecule has 0 radical (unpaired) electrons. The summed E-state index contributed by atoms with van der Waals surface area (Å²) >= 11 is 0. The number of nitrogens with zero attached hydrogens (tertiary/aromatic N) is 1. The van der Waals surface area contributed by atoms with Gasteiger partial charge in [0.1, 0.15) is 5.52 Å². The van der Waals surface area contributed by atoms with E-state index in [1.165, 1.54) is 6.26 Å². The van der Waals surface area contributed by atoms with Gasteiger partial charge in [-0.15, -0.1) is 0 Å². The lowest BCUT2D eigenvalue weighted by Gasteiger charge is -2.08. The predicted molar refractivity (Wildman–Crippen MR) is 124 cm³/mol. The SMILES string of the molecule is O=C(NCc1ccc(NC(=O)c2ccco2)cc1)c1ccc2noc(-c3ccccc3)c2c1. The zero-order valence-corrected chi connectivity index (χ0v) is 17.4. The molecular weight excluding hydrogens is 418 g/mol. The summed E-state index contributed by atoms with van der Waals surface area (Å²) in [4.78, 5) is 24.8. The Bertz CT molecular complexity index is 1410. The molecule has 0 aliphatic heterocycles. The second-order valence-corrected chi connectivity index (χ2v) is 7.42. The molecule has 7 nitrogen and oxygen atoms in total. The summed E-state index contributed by atoms with van der Waals surface area (Å²) in [5.74, 6) is 0.353. The molecule has 0 atom stereocenters. The fourth-order valence-corrected chi connectivity index (χ4v) is 3.47. The van der Waals surface area contributed by atoms with Crippen molar-refractivity contribution in [2.24, 2.45) is 0 Å². The van der Waals surface area contributed by atoms with Crippen LogP contribution in [0.1, 0.15) is 26.5 Å². The Morgan fingerprint density at radius 2 is 1.67 bits per heavy atom. The van der Waals surface area contributed by atoms with Gasteiger partial charge in [-0.1, -0.05) is 47.6 Å². The lowest BCUT2D eigenvalue weighted by atomic mass is 10.1. The molecule has 0 unspecified atom stereocenters. The lowest BCUT2D eigenvalue weighted by molar-refractivity contribution is 0.0950. The molecule has 0 saturated carbocycles. The fourth-order valence-electron chi connectivity index (χ4n) is 3.47. The molecular formula is C26H19N3O4. The molecule has 2 heterocycles. The number of anilines is 1. The Labute approximate surface area is 189 Å². The number of hydrogen-bond donors (Lipinski definition) is 2. The molecule has 5 aromatic rings. The average Bonchev–Trinajstić information content (AvgIpc) is 3.54. The van der Waals surface area contributed by atoms with Gasteiger partial charge in [0.15, 0.2) is 11.5 Å². The van der Waals surface area contributed by atoms with Gasteiger partial charge in [0.05, 0.1) is 11.6 Å². The number of fused-ring (bicyclic) bond motifs is 1. The van der Waals surface area contributed by atoms with Crippen molar-refractivity contribution in [3.63, 3.8) is 0 Å². The Kier molecular flexibility index (Phi) is 5.43. The molecule has 0 bridgehead atoms. The highest BCUT2D eigenvalue weighted by molar-refractivity contribution is 6.02. The van der Waals surface area contributed by atoms with Gasteiger partial charge in [0.2, 0.25) is 0 Å². The third-order valence-corrected chi connectivity index (χ3v) is 5.18. The van der Waals surface area contributed by atoms with Crippen molar-refractivity contribution in [2.45, 2.75) is 6.54 Å². The first-order valence-corrected chi connectivity index (χ1v) is 10.3. The van der Waals surface area contributed by atoms with Crippen LogP contribution in [0.3, 0.4) is 0 Å². The van der Waals surface area contributed by atoms with E-state index in [0.29, 0.717) is 29.1 Å². The van der Waals surface area contributed by atoms with Crippen LogP contribution in [0.4, 0.5) is 5.69 Å². The predicted octanol–water partition coefficient (Wildman–Crippen LogP) is 5.27. The second kappa shape index (κ2) is 8.84. The van der Waals surface area contributed by atoms with Crippen LogP contribution in [-0.2, 0) is 6.54 Å². The first-order valence-electron chi connectivity index (χ1n) is 10.3. The summed E-state index contributed by atoms with van der Waals surface area (Å²) in [6.07, 6.45) is 1.45. The number of benzene rings is 3. The monoisotopic (exact) mass is 437 g/mol. The largest absolute Gasteiger partial charge is 0.459 e. The van der Waals surface area contributed by atoms with Gasteiger partial charge < -0.3 is 19.6 Å². The van der Waals surface area contributed by atoms with Gasteiger partial charge in [-0.3, -0.25) is 9.59 Å². The molecule has 2 N–H and O–H groups in total. The van der Waals surface area contributed by atoms with E-state index in [4.69, 9.17) is 8.94 Å². The lowest BCUT2D eigenvalue weighted by Crippen LogP contribution is -2.22. The Balaban J connectivity index is 1.25. The standard InChI is InChI=1S/C26H19N3O4/c30-25(19-10-13-22-21(15-19)24(33-29-22)18-5-2-1-3-6-18)27-16-17-8-11-20(12-9-17)28-26(31)23-7-4-14-32-23/h1-15H,16H2,(H,27,30)(H,28,31). The summed E-state index contributed by atoms with van der Waals surface area (Å²) in [6.45, 7) is 0.346. The van der Waals surface area contributed by atoms with E-state index in [-0.39, 0.29) is 17.6 Å². The molecule has 0 saturated heterocycles. The molecule has 33 heavy (non-hydrogen) atoms. The minimum atomic E-state index is -0.319. The Hall–Kier alpha value is -4.65. The fraction of sp³-hybridized carbons (Fsp3) is 0.0385. The van der Waals surface area contributed by atoms with Crippen LogP contribution >= 0.6 is 0 Å². The quantitative estimate of drug-likeness (QED) is 0.377. The van der Waals surface area contributed by atoms with Crippen LogP contribution < -0.4 is 10.6 Å². The zero-order chi connectivity index (χ0) is 22.6. The van der Waals surface area contributed by atoms with Crippen LogP contribution in [-0.4, -0.2) is 17.0 Å². The van der Waals surface area contributed by atoms with E-state index in [1.807, 2.05) is 42.5 Å². The molecule has 3 aromatic carbocycles. The Morgan fingerprint density at radius 1 is 0.848 bits per heavy atom. The van der Waals surface area contributed by atoms with Crippen molar-refractivity contribution in [2.75, 3.05) is 5.32 Å². The number of carbonyl (C=O) groups is 2. The molecule has 162 valence electrons. The molecule has 5 rings (SSSR count). The normalized spacial score (nSPS) is 10.8. The van der Waals surface area contributed by atoms with Crippen molar-refractivity contribution in [3.8, 4) is 11.3 Å². The Morgan fingerprint density at radius 3 is 2.42 bits per heavy atom. The second-order valence-electron chi connectivity index (χ2n) is 7.42. The number of furan rings is 1. The summed E-state index contributed by atoms with van der Waals surface area (Å²) < 4.78 is 10.6. The van der Waals surface area contributed by atoms with Crippen LogP contribution in [0.2, 0.25) is 0 Å². The molecule has 2 aromatic heterocycles. The third-order valence-electron chi connectivity index (χ3n) is 5.18. The zero-order valence-electron chi connectivity index (χ0n) is 17.4. The number of hydrogen-bond acceptors (Lipinski definition) is 5. The third kappa shape index (κ3) is 4.38. The van der Waals surface area contributed by atoms with Gasteiger partial charge in [-0.2, -0.15) is 0 Å². The van der Waals surface area contributed by atoms with Gasteiger partial charge in [0.25, 0.3) is 11.8 Å². The van der Waals surface area contributed by atoms with E-state index in [1.54, 1.807) is 42.5 Å². The highest BCUT2D eigenvalue weighted by atomic mass is 16.5. The van der Waals surface area contributed by atoms with E-state index in [0.717, 1.165) is 16.5 Å².